The average Bonchev–Trinajstić information content (AvgIpc) is 2.32. The first-order valence-electron chi connectivity index (χ1n) is 4.32. The molecule has 0 atom stereocenters. The maximum atomic E-state index is 5.05. The fourth-order valence-corrected chi connectivity index (χ4v) is 1.88. The Morgan fingerprint density at radius 1 is 1.17 bits per heavy atom. The summed E-state index contributed by atoms with van der Waals surface area (Å²) in [7, 11) is 1.84. The van der Waals surface area contributed by atoms with Gasteiger partial charge in [-0.25, -0.2) is 0 Å². The molecule has 12 heavy (non-hydrogen) atoms. The SMILES string of the molecule is CNC(=S)NC1C(C)(C)C1(C)C. The van der Waals surface area contributed by atoms with Crippen LogP contribution < -0.4 is 10.6 Å². The fourth-order valence-electron chi connectivity index (χ4n) is 1.76. The van der Waals surface area contributed by atoms with Crippen molar-refractivity contribution in [3.63, 3.8) is 0 Å². The van der Waals surface area contributed by atoms with Gasteiger partial charge in [0.05, 0.1) is 0 Å². The molecule has 1 aliphatic carbocycles. The number of nitrogens with one attached hydrogen (secondary N) is 2. The van der Waals surface area contributed by atoms with Crippen LogP contribution in [0.15, 0.2) is 0 Å². The summed E-state index contributed by atoms with van der Waals surface area (Å²) in [5.41, 5.74) is 0.710. The topological polar surface area (TPSA) is 24.1 Å². The van der Waals surface area contributed by atoms with Gasteiger partial charge in [0, 0.05) is 13.1 Å². The first kappa shape index (κ1) is 9.78. The summed E-state index contributed by atoms with van der Waals surface area (Å²) >= 11 is 5.05. The Labute approximate surface area is 80.1 Å². The molecule has 0 aromatic carbocycles. The molecular weight excluding hydrogens is 168 g/mol. The third kappa shape index (κ3) is 1.20. The van der Waals surface area contributed by atoms with E-state index in [1.807, 2.05) is 7.05 Å². The minimum Gasteiger partial charge on any atom is -0.366 e. The average molecular weight is 186 g/mol. The number of hydrogen-bond acceptors (Lipinski definition) is 1. The summed E-state index contributed by atoms with van der Waals surface area (Å²) in [4.78, 5) is 0. The van der Waals surface area contributed by atoms with Crippen molar-refractivity contribution in [3.8, 4) is 0 Å². The standard InChI is InChI=1S/C9H18N2S/c1-8(2)6(9(8,3)4)11-7(12)10-5/h6H,1-5H3,(H2,10,11,12). The normalized spacial score (nSPS) is 24.8. The van der Waals surface area contributed by atoms with Gasteiger partial charge in [0.2, 0.25) is 0 Å². The zero-order valence-corrected chi connectivity index (χ0v) is 9.30. The molecule has 1 rings (SSSR count). The summed E-state index contributed by atoms with van der Waals surface area (Å²) in [6, 6.07) is 0.505. The van der Waals surface area contributed by atoms with Crippen molar-refractivity contribution in [2.24, 2.45) is 10.8 Å². The third-order valence-corrected chi connectivity index (χ3v) is 3.85. The van der Waals surface area contributed by atoms with Crippen molar-refractivity contribution < 1.29 is 0 Å². The van der Waals surface area contributed by atoms with Crippen molar-refractivity contribution in [2.75, 3.05) is 7.05 Å². The van der Waals surface area contributed by atoms with Gasteiger partial charge in [-0.2, -0.15) is 0 Å². The highest BCUT2D eigenvalue weighted by atomic mass is 32.1. The van der Waals surface area contributed by atoms with Crippen molar-refractivity contribution in [2.45, 2.75) is 33.7 Å². The Morgan fingerprint density at radius 2 is 1.58 bits per heavy atom. The lowest BCUT2D eigenvalue weighted by Gasteiger charge is -2.07. The molecule has 0 spiro atoms. The van der Waals surface area contributed by atoms with Crippen LogP contribution in [0.3, 0.4) is 0 Å². The van der Waals surface area contributed by atoms with Gasteiger partial charge >= 0.3 is 0 Å². The van der Waals surface area contributed by atoms with Crippen LogP contribution in [-0.2, 0) is 0 Å². The summed E-state index contributed by atoms with van der Waals surface area (Å²) in [6.07, 6.45) is 0. The highest BCUT2D eigenvalue weighted by molar-refractivity contribution is 7.80. The van der Waals surface area contributed by atoms with E-state index < -0.39 is 0 Å². The maximum Gasteiger partial charge on any atom is 0.166 e. The second-order valence-corrected chi connectivity index (χ2v) is 5.01. The molecule has 0 amide bonds. The number of hydrogen-bond donors (Lipinski definition) is 2. The molecule has 0 aliphatic heterocycles. The fraction of sp³-hybridized carbons (Fsp3) is 0.889. The van der Waals surface area contributed by atoms with Crippen LogP contribution in [0, 0.1) is 10.8 Å². The number of rotatable bonds is 1. The van der Waals surface area contributed by atoms with E-state index in [4.69, 9.17) is 12.2 Å². The van der Waals surface area contributed by atoms with E-state index in [9.17, 15) is 0 Å². The molecule has 0 heterocycles. The van der Waals surface area contributed by atoms with Crippen molar-refractivity contribution >= 4 is 17.3 Å². The monoisotopic (exact) mass is 186 g/mol. The summed E-state index contributed by atoms with van der Waals surface area (Å²) in [5, 5.41) is 6.99. The molecule has 3 heteroatoms. The molecular formula is C9H18N2S. The van der Waals surface area contributed by atoms with E-state index in [-0.39, 0.29) is 0 Å². The van der Waals surface area contributed by atoms with Crippen molar-refractivity contribution in [3.05, 3.63) is 0 Å². The molecule has 0 aromatic heterocycles. The molecule has 0 bridgehead atoms. The smallest absolute Gasteiger partial charge is 0.166 e. The van der Waals surface area contributed by atoms with Gasteiger partial charge in [0.25, 0.3) is 0 Å². The van der Waals surface area contributed by atoms with Gasteiger partial charge in [-0.15, -0.1) is 0 Å². The Bertz CT molecular complexity index is 195. The maximum absolute atomic E-state index is 5.05. The van der Waals surface area contributed by atoms with Gasteiger partial charge < -0.3 is 10.6 Å². The highest BCUT2D eigenvalue weighted by Gasteiger charge is 2.65. The van der Waals surface area contributed by atoms with E-state index >= 15 is 0 Å². The summed E-state index contributed by atoms with van der Waals surface area (Å²) in [6.45, 7) is 9.07. The molecule has 0 aromatic rings. The van der Waals surface area contributed by atoms with Crippen LogP contribution in [0.2, 0.25) is 0 Å². The van der Waals surface area contributed by atoms with E-state index in [2.05, 4.69) is 38.3 Å². The Morgan fingerprint density at radius 3 is 1.83 bits per heavy atom. The van der Waals surface area contributed by atoms with Gasteiger partial charge in [0.15, 0.2) is 5.11 Å². The Balaban J connectivity index is 2.54. The molecule has 2 N–H and O–H groups in total. The summed E-state index contributed by atoms with van der Waals surface area (Å²) < 4.78 is 0. The molecule has 70 valence electrons. The highest BCUT2D eigenvalue weighted by Crippen LogP contribution is 2.62. The lowest BCUT2D eigenvalue weighted by Crippen LogP contribution is -2.36. The molecule has 0 saturated heterocycles. The van der Waals surface area contributed by atoms with Crippen LogP contribution in [-0.4, -0.2) is 18.2 Å². The van der Waals surface area contributed by atoms with E-state index in [0.29, 0.717) is 16.9 Å². The first-order valence-corrected chi connectivity index (χ1v) is 4.73. The van der Waals surface area contributed by atoms with E-state index in [1.54, 1.807) is 0 Å². The van der Waals surface area contributed by atoms with Gasteiger partial charge in [0.1, 0.15) is 0 Å². The van der Waals surface area contributed by atoms with Gasteiger partial charge in [-0.05, 0) is 23.0 Å². The molecule has 0 radical (unpaired) electrons. The minimum absolute atomic E-state index is 0.355. The van der Waals surface area contributed by atoms with Crippen molar-refractivity contribution in [1.29, 1.82) is 0 Å². The lowest BCUT2D eigenvalue weighted by atomic mass is 10.0. The van der Waals surface area contributed by atoms with Crippen LogP contribution in [0.25, 0.3) is 0 Å². The molecule has 2 nitrogen and oxygen atoms in total. The van der Waals surface area contributed by atoms with Crippen LogP contribution in [0.4, 0.5) is 0 Å². The number of thiocarbonyl (C=S) groups is 1. The lowest BCUT2D eigenvalue weighted by molar-refractivity contribution is 0.457. The summed E-state index contributed by atoms with van der Waals surface area (Å²) in [5.74, 6) is 0. The molecule has 1 fully saturated rings. The third-order valence-electron chi connectivity index (χ3n) is 3.52. The second-order valence-electron chi connectivity index (χ2n) is 4.60. The van der Waals surface area contributed by atoms with Crippen molar-refractivity contribution in [1.82, 2.24) is 10.6 Å². The van der Waals surface area contributed by atoms with Crippen LogP contribution in [0.5, 0.6) is 0 Å². The van der Waals surface area contributed by atoms with Gasteiger partial charge in [-0.3, -0.25) is 0 Å². The quantitative estimate of drug-likeness (QED) is 0.607. The molecule has 1 aliphatic rings. The minimum atomic E-state index is 0.355. The predicted octanol–water partition coefficient (Wildman–Crippen LogP) is 1.51. The van der Waals surface area contributed by atoms with Crippen LogP contribution in [0.1, 0.15) is 27.7 Å². The second kappa shape index (κ2) is 2.59. The zero-order valence-electron chi connectivity index (χ0n) is 8.49. The Kier molecular flexibility index (Phi) is 2.11. The van der Waals surface area contributed by atoms with Gasteiger partial charge in [-0.1, -0.05) is 27.7 Å². The largest absolute Gasteiger partial charge is 0.366 e. The van der Waals surface area contributed by atoms with E-state index in [1.165, 1.54) is 0 Å². The predicted molar refractivity (Wildman–Crippen MR) is 56.1 cm³/mol. The molecule has 0 unspecified atom stereocenters. The molecule has 1 saturated carbocycles. The van der Waals surface area contributed by atoms with E-state index in [0.717, 1.165) is 5.11 Å². The Hall–Kier alpha value is -0.310. The van der Waals surface area contributed by atoms with Crippen LogP contribution >= 0.6 is 12.2 Å². The zero-order chi connectivity index (χ0) is 9.57. The first-order chi connectivity index (χ1) is 5.34.